The molecule has 2 aliphatic rings. The summed E-state index contributed by atoms with van der Waals surface area (Å²) in [5.74, 6) is -1.20. The Bertz CT molecular complexity index is 1150. The van der Waals surface area contributed by atoms with Crippen LogP contribution in [-0.4, -0.2) is 38.7 Å². The first-order valence-corrected chi connectivity index (χ1v) is 12.2. The fourth-order valence-electron chi connectivity index (χ4n) is 4.39. The van der Waals surface area contributed by atoms with E-state index in [2.05, 4.69) is 10.3 Å². The number of methoxy groups -OCH3 is 1. The molecule has 1 amide bonds. The second-order valence-corrected chi connectivity index (χ2v) is 10.4. The van der Waals surface area contributed by atoms with Gasteiger partial charge in [0.05, 0.1) is 24.0 Å². The zero-order valence-electron chi connectivity index (χ0n) is 17.2. The molecule has 2 fully saturated rings. The lowest BCUT2D eigenvalue weighted by Crippen LogP contribution is -2.30. The summed E-state index contributed by atoms with van der Waals surface area (Å²) in [6.07, 6.45) is 8.50. The number of aromatic nitrogens is 1. The summed E-state index contributed by atoms with van der Waals surface area (Å²) < 4.78 is 44.2. The van der Waals surface area contributed by atoms with Gasteiger partial charge in [0.1, 0.15) is 17.4 Å². The number of hydrogen-bond donors (Lipinski definition) is 2. The number of hydrogen-bond acceptors (Lipinski definition) is 6. The third kappa shape index (κ3) is 4.48. The van der Waals surface area contributed by atoms with Crippen molar-refractivity contribution in [3.05, 3.63) is 40.8 Å². The highest BCUT2D eigenvalue weighted by molar-refractivity contribution is 7.89. The van der Waals surface area contributed by atoms with Crippen molar-refractivity contribution in [2.75, 3.05) is 18.7 Å². The van der Waals surface area contributed by atoms with Crippen LogP contribution >= 0.6 is 11.6 Å². The second kappa shape index (κ2) is 7.94. The predicted molar refractivity (Wildman–Crippen MR) is 116 cm³/mol. The molecule has 1 heterocycles. The topological polar surface area (TPSA) is 97.4 Å². The van der Waals surface area contributed by atoms with Gasteiger partial charge in [-0.25, -0.2) is 22.5 Å². The monoisotopic (exact) mass is 467 g/mol. The summed E-state index contributed by atoms with van der Waals surface area (Å²) in [7, 11) is -2.47. The smallest absolute Gasteiger partial charge is 0.267 e. The van der Waals surface area contributed by atoms with Crippen LogP contribution in [0.4, 0.5) is 10.2 Å². The number of halogens is 2. The fourth-order valence-corrected chi connectivity index (χ4v) is 5.05. The van der Waals surface area contributed by atoms with E-state index in [0.29, 0.717) is 33.4 Å². The minimum absolute atomic E-state index is 0.186. The molecular weight excluding hydrogens is 445 g/mol. The summed E-state index contributed by atoms with van der Waals surface area (Å²) in [4.78, 5) is 16.5. The fraction of sp³-hybridized carbons (Fsp3) is 0.429. The van der Waals surface area contributed by atoms with Crippen LogP contribution < -0.4 is 14.8 Å². The van der Waals surface area contributed by atoms with Crippen molar-refractivity contribution in [3.63, 3.8) is 0 Å². The van der Waals surface area contributed by atoms with Gasteiger partial charge >= 0.3 is 0 Å². The van der Waals surface area contributed by atoms with Crippen molar-refractivity contribution in [2.45, 2.75) is 38.1 Å². The summed E-state index contributed by atoms with van der Waals surface area (Å²) >= 11 is 6.45. The number of nitrogens with zero attached hydrogens (tertiary/aromatic N) is 1. The molecule has 2 aromatic rings. The molecule has 10 heteroatoms. The summed E-state index contributed by atoms with van der Waals surface area (Å²) in [5.41, 5.74) is 0.792. The number of benzene rings is 1. The first-order valence-electron chi connectivity index (χ1n) is 9.94. The average molecular weight is 468 g/mol. The molecule has 0 radical (unpaired) electrons. The number of amides is 1. The molecule has 0 bridgehead atoms. The Morgan fingerprint density at radius 1 is 1.29 bits per heavy atom. The van der Waals surface area contributed by atoms with Crippen LogP contribution in [0.25, 0.3) is 11.1 Å². The third-order valence-electron chi connectivity index (χ3n) is 6.06. The maximum Gasteiger partial charge on any atom is 0.267 e. The van der Waals surface area contributed by atoms with Crippen LogP contribution in [0.1, 0.15) is 42.5 Å². The molecule has 2 saturated carbocycles. The number of carbonyl (C=O) groups excluding carboxylic acids is 1. The van der Waals surface area contributed by atoms with E-state index < -0.39 is 27.3 Å². The summed E-state index contributed by atoms with van der Waals surface area (Å²) in [5, 5.41) is 3.82. The maximum atomic E-state index is 14.6. The van der Waals surface area contributed by atoms with Crippen molar-refractivity contribution in [1.29, 1.82) is 0 Å². The predicted octanol–water partition coefficient (Wildman–Crippen LogP) is 3.98. The highest BCUT2D eigenvalue weighted by Crippen LogP contribution is 2.59. The third-order valence-corrected chi connectivity index (χ3v) is 6.91. The molecule has 0 aliphatic heterocycles. The van der Waals surface area contributed by atoms with E-state index in [1.165, 1.54) is 32.8 Å². The molecule has 0 saturated heterocycles. The first kappa shape index (κ1) is 21.8. The van der Waals surface area contributed by atoms with Gasteiger partial charge < -0.3 is 10.1 Å². The summed E-state index contributed by atoms with van der Waals surface area (Å²) in [6, 6.07) is 4.30. The normalized spacial score (nSPS) is 19.3. The first-order chi connectivity index (χ1) is 14.6. The Hall–Kier alpha value is -2.39. The van der Waals surface area contributed by atoms with Crippen molar-refractivity contribution >= 4 is 33.3 Å². The molecule has 2 aliphatic carbocycles. The number of rotatable bonds is 6. The van der Waals surface area contributed by atoms with E-state index in [9.17, 15) is 17.6 Å². The minimum Gasteiger partial charge on any atom is -0.496 e. The SMILES string of the molecule is COc1cc(C(=O)NS(C)(=O)=O)c(F)cc1-c1cnc(N[C@@H]2CC23CCCC3)c(Cl)c1. The highest BCUT2D eigenvalue weighted by atomic mass is 35.5. The van der Waals surface area contributed by atoms with Gasteiger partial charge in [0, 0.05) is 23.4 Å². The number of pyridine rings is 1. The Kier molecular flexibility index (Phi) is 5.59. The Morgan fingerprint density at radius 2 is 2.00 bits per heavy atom. The number of anilines is 1. The van der Waals surface area contributed by atoms with Crippen molar-refractivity contribution in [2.24, 2.45) is 5.41 Å². The molecule has 0 unspecified atom stereocenters. The van der Waals surface area contributed by atoms with E-state index in [-0.39, 0.29) is 5.75 Å². The minimum atomic E-state index is -3.84. The number of carbonyl (C=O) groups is 1. The number of nitrogens with one attached hydrogen (secondary N) is 2. The van der Waals surface area contributed by atoms with E-state index in [0.717, 1.165) is 24.8 Å². The van der Waals surface area contributed by atoms with Gasteiger partial charge in [-0.15, -0.1) is 0 Å². The molecule has 7 nitrogen and oxygen atoms in total. The second-order valence-electron chi connectivity index (χ2n) is 8.26. The van der Waals surface area contributed by atoms with Gasteiger partial charge in [0.25, 0.3) is 5.91 Å². The van der Waals surface area contributed by atoms with Crippen molar-refractivity contribution in [3.8, 4) is 16.9 Å². The number of sulfonamides is 1. The lowest BCUT2D eigenvalue weighted by molar-refractivity contribution is 0.0977. The number of ether oxygens (including phenoxy) is 1. The van der Waals surface area contributed by atoms with Crippen LogP contribution in [0, 0.1) is 11.2 Å². The molecule has 166 valence electrons. The quantitative estimate of drug-likeness (QED) is 0.666. The Morgan fingerprint density at radius 3 is 2.61 bits per heavy atom. The molecule has 4 rings (SSSR count). The van der Waals surface area contributed by atoms with Crippen LogP contribution in [0.3, 0.4) is 0 Å². The van der Waals surface area contributed by atoms with Crippen LogP contribution in [0.5, 0.6) is 5.75 Å². The largest absolute Gasteiger partial charge is 0.496 e. The molecular formula is C21H23ClFN3O4S. The molecule has 1 aromatic carbocycles. The van der Waals surface area contributed by atoms with Crippen LogP contribution in [0.2, 0.25) is 5.02 Å². The average Bonchev–Trinajstić information content (AvgIpc) is 3.12. The van der Waals surface area contributed by atoms with Crippen LogP contribution in [0.15, 0.2) is 24.4 Å². The van der Waals surface area contributed by atoms with Crippen LogP contribution in [-0.2, 0) is 10.0 Å². The molecule has 1 atom stereocenters. The maximum absolute atomic E-state index is 14.6. The molecule has 1 aromatic heterocycles. The molecule has 2 N–H and O–H groups in total. The van der Waals surface area contributed by atoms with Gasteiger partial charge in [-0.1, -0.05) is 24.4 Å². The van der Waals surface area contributed by atoms with Crippen molar-refractivity contribution < 1.29 is 22.3 Å². The molecule has 31 heavy (non-hydrogen) atoms. The van der Waals surface area contributed by atoms with E-state index in [1.807, 2.05) is 0 Å². The Labute approximate surface area is 185 Å². The standard InChI is InChI=1S/C21H23ClFN3O4S/c1-30-17-9-14(20(27)26-31(2,28)29)16(23)8-13(17)12-7-15(22)19(24-11-12)25-18-10-21(18)5-3-4-6-21/h7-9,11,18H,3-6,10H2,1-2H3,(H,24,25)(H,26,27)/t18-/m1/s1. The van der Waals surface area contributed by atoms with E-state index in [4.69, 9.17) is 16.3 Å². The zero-order chi connectivity index (χ0) is 22.4. The van der Waals surface area contributed by atoms with E-state index in [1.54, 1.807) is 17.0 Å². The van der Waals surface area contributed by atoms with Gasteiger partial charge in [0.15, 0.2) is 0 Å². The van der Waals surface area contributed by atoms with Gasteiger partial charge in [0.2, 0.25) is 10.0 Å². The lowest BCUT2D eigenvalue weighted by atomic mass is 10.0. The summed E-state index contributed by atoms with van der Waals surface area (Å²) in [6.45, 7) is 0. The highest BCUT2D eigenvalue weighted by Gasteiger charge is 2.55. The molecule has 1 spiro atoms. The van der Waals surface area contributed by atoms with E-state index >= 15 is 0 Å². The zero-order valence-corrected chi connectivity index (χ0v) is 18.7. The Balaban J connectivity index is 1.59. The van der Waals surface area contributed by atoms with Gasteiger partial charge in [-0.05, 0) is 42.9 Å². The van der Waals surface area contributed by atoms with Gasteiger partial charge in [-0.2, -0.15) is 0 Å². The van der Waals surface area contributed by atoms with Crippen molar-refractivity contribution in [1.82, 2.24) is 9.71 Å². The lowest BCUT2D eigenvalue weighted by Gasteiger charge is -2.14. The van der Waals surface area contributed by atoms with Gasteiger partial charge in [-0.3, -0.25) is 4.79 Å².